The molecule has 0 aliphatic carbocycles. The molecule has 0 bridgehead atoms. The normalized spacial score (nSPS) is 10.7. The molecule has 0 rings (SSSR count). The number of carbonyl (C=O) groups is 1. The van der Waals surface area contributed by atoms with Crippen molar-refractivity contribution in [1.29, 1.82) is 0 Å². The number of ketones is 1. The molecule has 2 nitrogen and oxygen atoms in total. The van der Waals surface area contributed by atoms with E-state index in [0.29, 0.717) is 12.8 Å². The first-order valence-electron chi connectivity index (χ1n) is 3.74. The Morgan fingerprint density at radius 2 is 2.18 bits per heavy atom. The fraction of sp³-hybridized carbons (Fsp3) is 0.667. The predicted molar refractivity (Wildman–Crippen MR) is 46.0 cm³/mol. The van der Waals surface area contributed by atoms with Gasteiger partial charge in [0.15, 0.2) is 5.78 Å². The minimum Gasteiger partial charge on any atom is -0.319 e. The van der Waals surface area contributed by atoms with Crippen LogP contribution in [0.2, 0.25) is 0 Å². The molecule has 0 radical (unpaired) electrons. The molecule has 0 aromatic heterocycles. The third kappa shape index (κ3) is 4.58. The van der Waals surface area contributed by atoms with Crippen molar-refractivity contribution in [2.24, 2.45) is 5.73 Å². The Labute approximate surface area is 68.2 Å². The smallest absolute Gasteiger partial charge is 0.152 e. The SMILES string of the molecule is C#CCCCC(=O)C(C)(C)N. The van der Waals surface area contributed by atoms with Crippen molar-refractivity contribution < 1.29 is 4.79 Å². The highest BCUT2D eigenvalue weighted by atomic mass is 16.1. The van der Waals surface area contributed by atoms with Gasteiger partial charge in [0.1, 0.15) is 0 Å². The fourth-order valence-corrected chi connectivity index (χ4v) is 0.673. The van der Waals surface area contributed by atoms with Gasteiger partial charge in [0.25, 0.3) is 0 Å². The molecule has 0 saturated heterocycles. The molecule has 2 heteroatoms. The van der Waals surface area contributed by atoms with Crippen LogP contribution in [0.25, 0.3) is 0 Å². The zero-order valence-electron chi connectivity index (χ0n) is 7.18. The minimum atomic E-state index is -0.700. The molecule has 0 aromatic carbocycles. The summed E-state index contributed by atoms with van der Waals surface area (Å²) < 4.78 is 0. The molecule has 11 heavy (non-hydrogen) atoms. The lowest BCUT2D eigenvalue weighted by atomic mass is 9.96. The summed E-state index contributed by atoms with van der Waals surface area (Å²) in [5.74, 6) is 2.56. The summed E-state index contributed by atoms with van der Waals surface area (Å²) in [6.45, 7) is 3.43. The van der Waals surface area contributed by atoms with Gasteiger partial charge < -0.3 is 5.73 Å². The van der Waals surface area contributed by atoms with Gasteiger partial charge in [-0.2, -0.15) is 0 Å². The lowest BCUT2D eigenvalue weighted by molar-refractivity contribution is -0.123. The van der Waals surface area contributed by atoms with Crippen LogP contribution in [-0.2, 0) is 4.79 Å². The molecule has 0 atom stereocenters. The van der Waals surface area contributed by atoms with Crippen LogP contribution < -0.4 is 5.73 Å². The van der Waals surface area contributed by atoms with Crippen molar-refractivity contribution in [3.8, 4) is 12.3 Å². The van der Waals surface area contributed by atoms with Crippen LogP contribution >= 0.6 is 0 Å². The number of unbranched alkanes of at least 4 members (excludes halogenated alkanes) is 1. The van der Waals surface area contributed by atoms with Gasteiger partial charge in [-0.3, -0.25) is 4.79 Å². The van der Waals surface area contributed by atoms with E-state index < -0.39 is 5.54 Å². The first-order chi connectivity index (χ1) is 4.98. The van der Waals surface area contributed by atoms with Crippen molar-refractivity contribution in [3.63, 3.8) is 0 Å². The average Bonchev–Trinajstić information content (AvgIpc) is 1.86. The second-order valence-corrected chi connectivity index (χ2v) is 3.20. The fourth-order valence-electron chi connectivity index (χ4n) is 0.673. The Morgan fingerprint density at radius 3 is 2.55 bits per heavy atom. The maximum atomic E-state index is 11.1. The van der Waals surface area contributed by atoms with E-state index in [-0.39, 0.29) is 5.78 Å². The van der Waals surface area contributed by atoms with Gasteiger partial charge in [-0.15, -0.1) is 12.3 Å². The van der Waals surface area contributed by atoms with Gasteiger partial charge >= 0.3 is 0 Å². The standard InChI is InChI=1S/C9H15NO/c1-4-5-6-7-8(11)9(2,3)10/h1H,5-7,10H2,2-3H3. The van der Waals surface area contributed by atoms with Crippen molar-refractivity contribution in [2.75, 3.05) is 0 Å². The second kappa shape index (κ2) is 4.15. The van der Waals surface area contributed by atoms with E-state index in [2.05, 4.69) is 5.92 Å². The molecule has 0 aliphatic rings. The highest BCUT2D eigenvalue weighted by molar-refractivity contribution is 5.87. The molecule has 0 spiro atoms. The zero-order chi connectivity index (χ0) is 8.91. The second-order valence-electron chi connectivity index (χ2n) is 3.20. The molecule has 2 N–H and O–H groups in total. The summed E-state index contributed by atoms with van der Waals surface area (Å²) in [5.41, 5.74) is 4.86. The number of terminal acetylenes is 1. The van der Waals surface area contributed by atoms with E-state index in [9.17, 15) is 4.79 Å². The van der Waals surface area contributed by atoms with E-state index in [1.165, 1.54) is 0 Å². The zero-order valence-corrected chi connectivity index (χ0v) is 7.18. The molecule has 0 saturated carbocycles. The van der Waals surface area contributed by atoms with Crippen LogP contribution in [0.3, 0.4) is 0 Å². The predicted octanol–water partition coefficient (Wildman–Crippen LogP) is 1.10. The monoisotopic (exact) mass is 153 g/mol. The van der Waals surface area contributed by atoms with Gasteiger partial charge in [-0.05, 0) is 20.3 Å². The molecule has 0 aromatic rings. The van der Waals surface area contributed by atoms with Gasteiger partial charge in [0, 0.05) is 12.8 Å². The van der Waals surface area contributed by atoms with Crippen molar-refractivity contribution in [2.45, 2.75) is 38.6 Å². The number of hydrogen-bond donors (Lipinski definition) is 1. The third-order valence-electron chi connectivity index (χ3n) is 1.44. The highest BCUT2D eigenvalue weighted by Crippen LogP contribution is 2.05. The average molecular weight is 153 g/mol. The Hall–Kier alpha value is -0.810. The van der Waals surface area contributed by atoms with E-state index in [1.54, 1.807) is 13.8 Å². The van der Waals surface area contributed by atoms with Gasteiger partial charge in [0.05, 0.1) is 5.54 Å². The molecule has 0 heterocycles. The molecular formula is C9H15NO. The number of carbonyl (C=O) groups excluding carboxylic acids is 1. The highest BCUT2D eigenvalue weighted by Gasteiger charge is 2.20. The number of Topliss-reactive ketones (excluding diaryl/α,β-unsaturated/α-hetero) is 1. The molecule has 0 unspecified atom stereocenters. The number of nitrogens with two attached hydrogens (primary N) is 1. The lowest BCUT2D eigenvalue weighted by Crippen LogP contribution is -2.41. The third-order valence-corrected chi connectivity index (χ3v) is 1.44. The maximum absolute atomic E-state index is 11.1. The Balaban J connectivity index is 3.64. The number of rotatable bonds is 4. The lowest BCUT2D eigenvalue weighted by Gasteiger charge is -2.15. The van der Waals surface area contributed by atoms with Gasteiger partial charge in [-0.25, -0.2) is 0 Å². The van der Waals surface area contributed by atoms with Crippen molar-refractivity contribution in [1.82, 2.24) is 0 Å². The summed E-state index contributed by atoms with van der Waals surface area (Å²) >= 11 is 0. The quantitative estimate of drug-likeness (QED) is 0.485. The van der Waals surface area contributed by atoms with Crippen molar-refractivity contribution >= 4 is 5.78 Å². The minimum absolute atomic E-state index is 0.0766. The van der Waals surface area contributed by atoms with E-state index in [0.717, 1.165) is 6.42 Å². The summed E-state index contributed by atoms with van der Waals surface area (Å²) in [7, 11) is 0. The summed E-state index contributed by atoms with van der Waals surface area (Å²) in [4.78, 5) is 11.1. The maximum Gasteiger partial charge on any atom is 0.152 e. The van der Waals surface area contributed by atoms with E-state index in [1.807, 2.05) is 0 Å². The molecule has 0 amide bonds. The molecule has 0 fully saturated rings. The van der Waals surface area contributed by atoms with Crippen LogP contribution in [0.15, 0.2) is 0 Å². The van der Waals surface area contributed by atoms with Crippen LogP contribution in [0.1, 0.15) is 33.1 Å². The summed E-state index contributed by atoms with van der Waals surface area (Å²) in [6.07, 6.45) is 6.93. The Bertz CT molecular complexity index is 171. The van der Waals surface area contributed by atoms with E-state index >= 15 is 0 Å². The van der Waals surface area contributed by atoms with E-state index in [4.69, 9.17) is 12.2 Å². The first kappa shape index (κ1) is 10.2. The van der Waals surface area contributed by atoms with Crippen LogP contribution in [0.4, 0.5) is 0 Å². The van der Waals surface area contributed by atoms with Gasteiger partial charge in [0.2, 0.25) is 0 Å². The summed E-state index contributed by atoms with van der Waals surface area (Å²) in [6, 6.07) is 0. The van der Waals surface area contributed by atoms with Crippen LogP contribution in [-0.4, -0.2) is 11.3 Å². The van der Waals surface area contributed by atoms with Gasteiger partial charge in [-0.1, -0.05) is 0 Å². The Kier molecular flexibility index (Phi) is 3.84. The van der Waals surface area contributed by atoms with Crippen molar-refractivity contribution in [3.05, 3.63) is 0 Å². The largest absolute Gasteiger partial charge is 0.319 e. The van der Waals surface area contributed by atoms with Crippen LogP contribution in [0.5, 0.6) is 0 Å². The number of hydrogen-bond acceptors (Lipinski definition) is 2. The Morgan fingerprint density at radius 1 is 1.64 bits per heavy atom. The molecular weight excluding hydrogens is 138 g/mol. The first-order valence-corrected chi connectivity index (χ1v) is 3.74. The van der Waals surface area contributed by atoms with Crippen LogP contribution in [0, 0.1) is 12.3 Å². The topological polar surface area (TPSA) is 43.1 Å². The molecule has 0 aliphatic heterocycles. The summed E-state index contributed by atoms with van der Waals surface area (Å²) in [5, 5.41) is 0. The molecule has 62 valence electrons.